The predicted molar refractivity (Wildman–Crippen MR) is 91.5 cm³/mol. The van der Waals surface area contributed by atoms with E-state index in [1.807, 2.05) is 0 Å². The third-order valence-electron chi connectivity index (χ3n) is 4.18. The average molecular weight is 347 g/mol. The maximum atomic E-state index is 13.1. The number of fused-ring (bicyclic) bond motifs is 1. The fraction of sp³-hybridized carbons (Fsp3) is 0.250. The molecule has 24 heavy (non-hydrogen) atoms. The van der Waals surface area contributed by atoms with Crippen LogP contribution in [-0.4, -0.2) is 19.9 Å². The number of rotatable bonds is 3. The van der Waals surface area contributed by atoms with Crippen molar-refractivity contribution in [2.75, 3.05) is 16.6 Å². The summed E-state index contributed by atoms with van der Waals surface area (Å²) in [6.45, 7) is 1.92. The minimum atomic E-state index is -3.81. The highest BCUT2D eigenvalue weighted by Crippen LogP contribution is 2.36. The highest BCUT2D eigenvalue weighted by atomic mass is 32.2. The average Bonchev–Trinajstić information content (AvgIpc) is 2.54. The Morgan fingerprint density at radius 3 is 2.67 bits per heavy atom. The number of nitrogen functional groups attached to an aromatic ring is 1. The van der Waals surface area contributed by atoms with Gasteiger partial charge in [-0.25, -0.2) is 8.42 Å². The fourth-order valence-electron chi connectivity index (χ4n) is 3.02. The number of hydrogen-bond donors (Lipinski definition) is 1. The molecule has 126 valence electrons. The van der Waals surface area contributed by atoms with Crippen LogP contribution in [0.5, 0.6) is 0 Å². The van der Waals surface area contributed by atoms with E-state index < -0.39 is 14.9 Å². The Morgan fingerprint density at radius 1 is 1.25 bits per heavy atom. The number of nitrogens with zero attached hydrogens (tertiary/aromatic N) is 2. The number of nitro benzene ring substituents is 1. The van der Waals surface area contributed by atoms with Crippen molar-refractivity contribution in [1.82, 2.24) is 0 Å². The summed E-state index contributed by atoms with van der Waals surface area (Å²) in [5, 5.41) is 10.8. The lowest BCUT2D eigenvalue weighted by molar-refractivity contribution is -0.385. The quantitative estimate of drug-likeness (QED) is 0.522. The monoisotopic (exact) mass is 347 g/mol. The van der Waals surface area contributed by atoms with E-state index in [0.29, 0.717) is 29.9 Å². The Bertz CT molecular complexity index is 925. The molecule has 2 N–H and O–H groups in total. The van der Waals surface area contributed by atoms with Crippen molar-refractivity contribution < 1.29 is 13.3 Å². The van der Waals surface area contributed by atoms with E-state index in [0.717, 1.165) is 12.0 Å². The minimum Gasteiger partial charge on any atom is -0.398 e. The van der Waals surface area contributed by atoms with Gasteiger partial charge in [-0.2, -0.15) is 0 Å². The van der Waals surface area contributed by atoms with E-state index in [1.54, 1.807) is 25.1 Å². The summed E-state index contributed by atoms with van der Waals surface area (Å²) in [7, 11) is -3.81. The molecule has 1 aliphatic heterocycles. The zero-order valence-electron chi connectivity index (χ0n) is 13.1. The Kier molecular flexibility index (Phi) is 3.92. The van der Waals surface area contributed by atoms with Crippen molar-refractivity contribution in [3.8, 4) is 0 Å². The Labute approximate surface area is 139 Å². The second kappa shape index (κ2) is 5.79. The van der Waals surface area contributed by atoms with Crippen molar-refractivity contribution >= 4 is 27.1 Å². The van der Waals surface area contributed by atoms with Gasteiger partial charge in [0.05, 0.1) is 15.5 Å². The number of nitrogens with two attached hydrogens (primary N) is 1. The van der Waals surface area contributed by atoms with Crippen LogP contribution in [0.25, 0.3) is 0 Å². The van der Waals surface area contributed by atoms with Crippen LogP contribution in [0.4, 0.5) is 17.1 Å². The van der Waals surface area contributed by atoms with E-state index >= 15 is 0 Å². The summed E-state index contributed by atoms with van der Waals surface area (Å²) in [6.07, 6.45) is 1.40. The molecule has 0 atom stereocenters. The van der Waals surface area contributed by atoms with E-state index in [-0.39, 0.29) is 10.6 Å². The second-order valence-electron chi connectivity index (χ2n) is 5.73. The van der Waals surface area contributed by atoms with Crippen LogP contribution in [0.1, 0.15) is 17.5 Å². The van der Waals surface area contributed by atoms with Crippen LogP contribution in [0.2, 0.25) is 0 Å². The second-order valence-corrected chi connectivity index (χ2v) is 7.56. The molecule has 0 spiro atoms. The summed E-state index contributed by atoms with van der Waals surface area (Å²) < 4.78 is 27.5. The van der Waals surface area contributed by atoms with Crippen molar-refractivity contribution in [2.45, 2.75) is 24.7 Å². The van der Waals surface area contributed by atoms with Crippen LogP contribution in [0.3, 0.4) is 0 Å². The molecule has 3 rings (SSSR count). The molecule has 1 aliphatic rings. The van der Waals surface area contributed by atoms with E-state index in [2.05, 4.69) is 0 Å². The number of benzene rings is 2. The number of anilines is 2. The normalized spacial score (nSPS) is 14.3. The van der Waals surface area contributed by atoms with Crippen molar-refractivity contribution in [1.29, 1.82) is 0 Å². The molecule has 0 aliphatic carbocycles. The van der Waals surface area contributed by atoms with Crippen molar-refractivity contribution in [3.63, 3.8) is 0 Å². The maximum Gasteiger partial charge on any atom is 0.269 e. The van der Waals surface area contributed by atoms with Gasteiger partial charge in [0.15, 0.2) is 0 Å². The van der Waals surface area contributed by atoms with Gasteiger partial charge in [-0.3, -0.25) is 14.4 Å². The smallest absolute Gasteiger partial charge is 0.269 e. The molecule has 2 aromatic rings. The van der Waals surface area contributed by atoms with Gasteiger partial charge in [0.25, 0.3) is 15.7 Å². The summed E-state index contributed by atoms with van der Waals surface area (Å²) in [5.74, 6) is 0. The van der Waals surface area contributed by atoms with Gasteiger partial charge in [0, 0.05) is 24.4 Å². The van der Waals surface area contributed by atoms with E-state index in [9.17, 15) is 18.5 Å². The van der Waals surface area contributed by atoms with Crippen molar-refractivity contribution in [2.24, 2.45) is 0 Å². The number of non-ortho nitro benzene ring substituents is 1. The first-order valence-electron chi connectivity index (χ1n) is 7.47. The van der Waals surface area contributed by atoms with Gasteiger partial charge in [-0.15, -0.1) is 0 Å². The third-order valence-corrected chi connectivity index (χ3v) is 6.15. The molecule has 7 nitrogen and oxygen atoms in total. The molecule has 8 heteroatoms. The number of aryl methyl sites for hydroxylation is 1. The van der Waals surface area contributed by atoms with Gasteiger partial charge in [-0.1, -0.05) is 6.07 Å². The molecular weight excluding hydrogens is 330 g/mol. The Hall–Kier alpha value is -2.61. The largest absolute Gasteiger partial charge is 0.398 e. The Morgan fingerprint density at radius 2 is 2.00 bits per heavy atom. The molecule has 0 aromatic heterocycles. The molecule has 0 saturated heterocycles. The molecule has 2 aromatic carbocycles. The van der Waals surface area contributed by atoms with Gasteiger partial charge in [-0.05, 0) is 49.1 Å². The first kappa shape index (κ1) is 16.3. The number of nitro groups is 1. The number of hydrogen-bond acceptors (Lipinski definition) is 5. The zero-order chi connectivity index (χ0) is 17.5. The summed E-state index contributed by atoms with van der Waals surface area (Å²) in [5.41, 5.74) is 8.17. The lowest BCUT2D eigenvalue weighted by atomic mass is 10.0. The van der Waals surface area contributed by atoms with Gasteiger partial charge < -0.3 is 5.73 Å². The molecule has 0 unspecified atom stereocenters. The molecule has 1 heterocycles. The summed E-state index contributed by atoms with van der Waals surface area (Å²) in [4.78, 5) is 10.4. The van der Waals surface area contributed by atoms with Crippen LogP contribution in [0, 0.1) is 17.0 Å². The van der Waals surface area contributed by atoms with Crippen LogP contribution < -0.4 is 10.0 Å². The highest BCUT2D eigenvalue weighted by Gasteiger charge is 2.31. The van der Waals surface area contributed by atoms with E-state index in [1.165, 1.54) is 22.5 Å². The predicted octanol–water partition coefficient (Wildman–Crippen LogP) is 2.63. The molecule has 0 radical (unpaired) electrons. The van der Waals surface area contributed by atoms with Crippen LogP contribution in [-0.2, 0) is 16.4 Å². The summed E-state index contributed by atoms with van der Waals surface area (Å²) >= 11 is 0. The topological polar surface area (TPSA) is 107 Å². The lowest BCUT2D eigenvalue weighted by Gasteiger charge is -2.31. The minimum absolute atomic E-state index is 0.0726. The van der Waals surface area contributed by atoms with Gasteiger partial charge in [0.1, 0.15) is 0 Å². The first-order chi connectivity index (χ1) is 11.3. The van der Waals surface area contributed by atoms with Crippen molar-refractivity contribution in [3.05, 3.63) is 57.6 Å². The molecule has 0 fully saturated rings. The lowest BCUT2D eigenvalue weighted by Crippen LogP contribution is -2.36. The fourth-order valence-corrected chi connectivity index (χ4v) is 4.77. The van der Waals surface area contributed by atoms with Crippen LogP contribution in [0.15, 0.2) is 41.3 Å². The SMILES string of the molecule is Cc1cc([N+](=O)[O-])ccc1S(=O)(=O)N1CCCc2c(N)cccc21. The molecular formula is C16H17N3O4S. The Balaban J connectivity index is 2.11. The first-order valence-corrected chi connectivity index (χ1v) is 8.91. The van der Waals surface area contributed by atoms with Crippen LogP contribution >= 0.6 is 0 Å². The highest BCUT2D eigenvalue weighted by molar-refractivity contribution is 7.92. The van der Waals surface area contributed by atoms with E-state index in [4.69, 9.17) is 5.73 Å². The molecule has 0 amide bonds. The molecule has 0 bridgehead atoms. The number of sulfonamides is 1. The molecule has 0 saturated carbocycles. The van der Waals surface area contributed by atoms with Gasteiger partial charge >= 0.3 is 0 Å². The zero-order valence-corrected chi connectivity index (χ0v) is 13.9. The van der Waals surface area contributed by atoms with Gasteiger partial charge in [0.2, 0.25) is 0 Å². The third kappa shape index (κ3) is 2.58. The standard InChI is InChI=1S/C16H17N3O4S/c1-11-10-12(19(20)21)7-8-16(11)24(22,23)18-9-3-4-13-14(17)5-2-6-15(13)18/h2,5-8,10H,3-4,9,17H2,1H3. The maximum absolute atomic E-state index is 13.1. The summed E-state index contributed by atoms with van der Waals surface area (Å²) in [6, 6.07) is 9.00.